The van der Waals surface area contributed by atoms with E-state index in [1.165, 1.54) is 0 Å². The highest BCUT2D eigenvalue weighted by molar-refractivity contribution is 8.00. The molecule has 1 fully saturated rings. The summed E-state index contributed by atoms with van der Waals surface area (Å²) in [6.07, 6.45) is 4.07. The summed E-state index contributed by atoms with van der Waals surface area (Å²) in [5.41, 5.74) is 1.16. The van der Waals surface area contributed by atoms with Crippen molar-refractivity contribution in [1.82, 2.24) is 9.88 Å². The molecule has 1 atom stereocenters. The number of amides is 1. The number of carbonyl (C=O) groups is 1. The molecule has 1 aromatic rings. The minimum atomic E-state index is 0.163. The monoisotopic (exact) mass is 278 g/mol. The molecule has 1 aromatic heterocycles. The molecule has 104 valence electrons. The molecule has 2 heterocycles. The molecule has 0 N–H and O–H groups in total. The number of likely N-dealkylation sites (tertiary alicyclic amines) is 1. The van der Waals surface area contributed by atoms with Gasteiger partial charge in [-0.15, -0.1) is 11.8 Å². The highest BCUT2D eigenvalue weighted by atomic mass is 32.2. The van der Waals surface area contributed by atoms with E-state index in [2.05, 4.69) is 37.9 Å². The van der Waals surface area contributed by atoms with Crippen molar-refractivity contribution in [2.45, 2.75) is 56.4 Å². The Kier molecular flexibility index (Phi) is 4.19. The van der Waals surface area contributed by atoms with E-state index in [1.54, 1.807) is 18.7 Å². The van der Waals surface area contributed by atoms with Crippen LogP contribution in [0, 0.1) is 0 Å². The van der Waals surface area contributed by atoms with Crippen LogP contribution in [0.1, 0.15) is 52.1 Å². The highest BCUT2D eigenvalue weighted by Gasteiger charge is 2.28. The summed E-state index contributed by atoms with van der Waals surface area (Å²) in [4.78, 5) is 18.1. The van der Waals surface area contributed by atoms with Crippen molar-refractivity contribution >= 4 is 17.7 Å². The molecule has 0 radical (unpaired) electrons. The number of aromatic nitrogens is 1. The van der Waals surface area contributed by atoms with Crippen LogP contribution >= 0.6 is 11.8 Å². The van der Waals surface area contributed by atoms with Crippen molar-refractivity contribution in [3.05, 3.63) is 23.9 Å². The van der Waals surface area contributed by atoms with Gasteiger partial charge >= 0.3 is 0 Å². The van der Waals surface area contributed by atoms with Crippen LogP contribution in [0.3, 0.4) is 0 Å². The zero-order chi connectivity index (χ0) is 14.0. The van der Waals surface area contributed by atoms with Crippen LogP contribution < -0.4 is 0 Å². The van der Waals surface area contributed by atoms with Crippen LogP contribution in [0.15, 0.2) is 23.4 Å². The highest BCUT2D eigenvalue weighted by Crippen LogP contribution is 2.34. The normalized spacial score (nSPS) is 19.8. The summed E-state index contributed by atoms with van der Waals surface area (Å²) in [6, 6.07) is 4.41. The molecule has 0 saturated carbocycles. The number of nitrogens with zero attached hydrogens (tertiary/aromatic N) is 2. The molecule has 1 aliphatic rings. The lowest BCUT2D eigenvalue weighted by Gasteiger charge is -2.23. The fourth-order valence-corrected chi connectivity index (χ4v) is 3.32. The van der Waals surface area contributed by atoms with E-state index in [9.17, 15) is 4.79 Å². The second-order valence-corrected chi connectivity index (χ2v) is 7.86. The largest absolute Gasteiger partial charge is 0.336 e. The first-order valence-electron chi connectivity index (χ1n) is 6.79. The van der Waals surface area contributed by atoms with E-state index in [0.29, 0.717) is 0 Å². The van der Waals surface area contributed by atoms with Gasteiger partial charge in [0.2, 0.25) is 5.91 Å². The predicted octanol–water partition coefficient (Wildman–Crippen LogP) is 3.66. The van der Waals surface area contributed by atoms with Gasteiger partial charge in [0.25, 0.3) is 0 Å². The van der Waals surface area contributed by atoms with Gasteiger partial charge in [0, 0.05) is 24.4 Å². The Bertz CT molecular complexity index is 450. The van der Waals surface area contributed by atoms with E-state index in [4.69, 9.17) is 0 Å². The van der Waals surface area contributed by atoms with Crippen molar-refractivity contribution in [3.8, 4) is 0 Å². The van der Waals surface area contributed by atoms with Crippen molar-refractivity contribution < 1.29 is 4.79 Å². The van der Waals surface area contributed by atoms with Gasteiger partial charge in [-0.3, -0.25) is 4.79 Å². The molecule has 1 saturated heterocycles. The molecule has 0 bridgehead atoms. The van der Waals surface area contributed by atoms with Crippen molar-refractivity contribution in [2.75, 3.05) is 6.54 Å². The lowest BCUT2D eigenvalue weighted by molar-refractivity contribution is -0.129. The molecule has 3 nitrogen and oxygen atoms in total. The SMILES string of the molecule is CC(=O)N1CCC[C@@H]1c1ccc(SC(C)(C)C)nc1. The average molecular weight is 278 g/mol. The van der Waals surface area contributed by atoms with Crippen LogP contribution in [0.5, 0.6) is 0 Å². The number of pyridine rings is 1. The maximum absolute atomic E-state index is 11.6. The lowest BCUT2D eigenvalue weighted by atomic mass is 10.1. The molecule has 4 heteroatoms. The first-order chi connectivity index (χ1) is 8.87. The van der Waals surface area contributed by atoms with Crippen LogP contribution in [-0.2, 0) is 4.79 Å². The minimum Gasteiger partial charge on any atom is -0.336 e. The summed E-state index contributed by atoms with van der Waals surface area (Å²) in [7, 11) is 0. The third-order valence-corrected chi connectivity index (χ3v) is 4.28. The third-order valence-electron chi connectivity index (χ3n) is 3.21. The van der Waals surface area contributed by atoms with E-state index in [0.717, 1.165) is 30.0 Å². The first kappa shape index (κ1) is 14.4. The zero-order valence-corrected chi connectivity index (χ0v) is 13.0. The standard InChI is InChI=1S/C15H22N2OS/c1-11(18)17-9-5-6-13(17)12-7-8-14(16-10-12)19-15(2,3)4/h7-8,10,13H,5-6,9H2,1-4H3/t13-/m1/s1. The number of rotatable bonds is 2. The molecular formula is C15H22N2OS. The second kappa shape index (κ2) is 5.53. The fourth-order valence-electron chi connectivity index (χ4n) is 2.45. The van der Waals surface area contributed by atoms with Crippen molar-refractivity contribution in [3.63, 3.8) is 0 Å². The second-order valence-electron chi connectivity index (χ2n) is 6.01. The van der Waals surface area contributed by atoms with E-state index in [1.807, 2.05) is 11.1 Å². The molecule has 19 heavy (non-hydrogen) atoms. The van der Waals surface area contributed by atoms with Gasteiger partial charge in [0.05, 0.1) is 11.1 Å². The van der Waals surface area contributed by atoms with Crippen LogP contribution in [-0.4, -0.2) is 27.1 Å². The fraction of sp³-hybridized carbons (Fsp3) is 0.600. The van der Waals surface area contributed by atoms with Gasteiger partial charge in [-0.2, -0.15) is 0 Å². The van der Waals surface area contributed by atoms with Gasteiger partial charge in [-0.1, -0.05) is 26.8 Å². The topological polar surface area (TPSA) is 33.2 Å². The van der Waals surface area contributed by atoms with Crippen molar-refractivity contribution in [1.29, 1.82) is 0 Å². The maximum atomic E-state index is 11.6. The molecule has 0 spiro atoms. The predicted molar refractivity (Wildman–Crippen MR) is 79.2 cm³/mol. The molecule has 1 aliphatic heterocycles. The summed E-state index contributed by atoms with van der Waals surface area (Å²) < 4.78 is 0.174. The molecule has 1 amide bonds. The first-order valence-corrected chi connectivity index (χ1v) is 7.60. The quantitative estimate of drug-likeness (QED) is 0.774. The Hall–Kier alpha value is -1.03. The molecule has 2 rings (SSSR count). The summed E-state index contributed by atoms with van der Waals surface area (Å²) in [5, 5.41) is 1.05. The lowest BCUT2D eigenvalue weighted by Crippen LogP contribution is -2.28. The molecule has 0 aromatic carbocycles. The number of thioether (sulfide) groups is 1. The number of hydrogen-bond donors (Lipinski definition) is 0. The van der Waals surface area contributed by atoms with Crippen LogP contribution in [0.4, 0.5) is 0 Å². The molecule has 0 aliphatic carbocycles. The minimum absolute atomic E-state index is 0.163. The Morgan fingerprint density at radius 2 is 2.16 bits per heavy atom. The van der Waals surface area contributed by atoms with Gasteiger partial charge in [-0.25, -0.2) is 4.98 Å². The van der Waals surface area contributed by atoms with Crippen molar-refractivity contribution in [2.24, 2.45) is 0 Å². The van der Waals surface area contributed by atoms with Crippen LogP contribution in [0.25, 0.3) is 0 Å². The van der Waals surface area contributed by atoms with Crippen LogP contribution in [0.2, 0.25) is 0 Å². The van der Waals surface area contributed by atoms with E-state index < -0.39 is 0 Å². The summed E-state index contributed by atoms with van der Waals surface area (Å²) >= 11 is 1.77. The maximum Gasteiger partial charge on any atom is 0.219 e. The van der Waals surface area contributed by atoms with E-state index >= 15 is 0 Å². The third kappa shape index (κ3) is 3.72. The van der Waals surface area contributed by atoms with Gasteiger partial charge in [0.1, 0.15) is 0 Å². The summed E-state index contributed by atoms with van der Waals surface area (Å²) in [5.74, 6) is 0.163. The zero-order valence-electron chi connectivity index (χ0n) is 12.1. The van der Waals surface area contributed by atoms with Gasteiger partial charge < -0.3 is 4.90 Å². The Balaban J connectivity index is 2.12. The molecule has 0 unspecified atom stereocenters. The van der Waals surface area contributed by atoms with Gasteiger partial charge in [0.15, 0.2) is 0 Å². The number of carbonyl (C=O) groups excluding carboxylic acids is 1. The Labute approximate surface area is 119 Å². The smallest absolute Gasteiger partial charge is 0.219 e. The number of hydrogen-bond acceptors (Lipinski definition) is 3. The van der Waals surface area contributed by atoms with Gasteiger partial charge in [-0.05, 0) is 24.5 Å². The Morgan fingerprint density at radius 3 is 2.68 bits per heavy atom. The summed E-state index contributed by atoms with van der Waals surface area (Å²) in [6.45, 7) is 9.07. The average Bonchev–Trinajstić information content (AvgIpc) is 2.76. The Morgan fingerprint density at radius 1 is 1.42 bits per heavy atom. The van der Waals surface area contributed by atoms with E-state index in [-0.39, 0.29) is 16.7 Å². The molecular weight excluding hydrogens is 256 g/mol.